The number of hydrogen-bond donors (Lipinski definition) is 0. The van der Waals surface area contributed by atoms with E-state index in [2.05, 4.69) is 25.1 Å². The van der Waals surface area contributed by atoms with E-state index in [1.165, 1.54) is 43.2 Å². The van der Waals surface area contributed by atoms with Gasteiger partial charge in [0.2, 0.25) is 0 Å². The molecule has 0 saturated heterocycles. The Balaban J connectivity index is 1.57. The number of aryl methyl sites for hydroxylation is 1. The van der Waals surface area contributed by atoms with Crippen LogP contribution >= 0.6 is 0 Å². The molecule has 0 spiro atoms. The molecule has 4 saturated carbocycles. The third-order valence-corrected chi connectivity index (χ3v) is 8.13. The van der Waals surface area contributed by atoms with Gasteiger partial charge in [-0.05, 0) is 105 Å². The zero-order valence-corrected chi connectivity index (χ0v) is 18.9. The number of anilines is 2. The van der Waals surface area contributed by atoms with Gasteiger partial charge < -0.3 is 9.64 Å². The van der Waals surface area contributed by atoms with Gasteiger partial charge in [0.05, 0.1) is 12.3 Å². The van der Waals surface area contributed by atoms with Gasteiger partial charge in [0.1, 0.15) is 12.4 Å². The van der Waals surface area contributed by atoms with Crippen LogP contribution in [0.25, 0.3) is 5.57 Å². The molecule has 4 fully saturated rings. The molecule has 0 amide bonds. The Bertz CT molecular complexity index is 1050. The highest BCUT2D eigenvalue weighted by Crippen LogP contribution is 2.60. The lowest BCUT2D eigenvalue weighted by atomic mass is 9.53. The number of esters is 1. The van der Waals surface area contributed by atoms with Crippen molar-refractivity contribution in [3.8, 4) is 0 Å². The maximum absolute atomic E-state index is 14.5. The van der Waals surface area contributed by atoms with E-state index in [0.29, 0.717) is 18.4 Å². The van der Waals surface area contributed by atoms with Gasteiger partial charge >= 0.3 is 5.97 Å². The summed E-state index contributed by atoms with van der Waals surface area (Å²) in [5.41, 5.74) is 8.07. The minimum absolute atomic E-state index is 0.0837. The average molecular weight is 432 g/mol. The SMILES string of the molecule is CCOC(=O)CN1c2cc(C)ccc2C(=C2C3CC4CC(C3)CC2C4)c2ccc(F)cc21. The summed E-state index contributed by atoms with van der Waals surface area (Å²) >= 11 is 0. The molecular formula is C28H30FNO2. The van der Waals surface area contributed by atoms with E-state index in [0.717, 1.165) is 34.3 Å². The Morgan fingerprint density at radius 1 is 0.969 bits per heavy atom. The van der Waals surface area contributed by atoms with Gasteiger partial charge in [-0.1, -0.05) is 17.7 Å². The molecule has 4 aliphatic carbocycles. The van der Waals surface area contributed by atoms with Crippen molar-refractivity contribution in [3.63, 3.8) is 0 Å². The number of ether oxygens (including phenoxy) is 1. The molecular weight excluding hydrogens is 401 g/mol. The molecule has 32 heavy (non-hydrogen) atoms. The van der Waals surface area contributed by atoms with Crippen LogP contribution in [0.15, 0.2) is 42.0 Å². The lowest BCUT2D eigenvalue weighted by Gasteiger charge is -2.53. The van der Waals surface area contributed by atoms with Gasteiger partial charge in [0.15, 0.2) is 0 Å². The molecule has 0 unspecified atom stereocenters. The second-order valence-corrected chi connectivity index (χ2v) is 10.2. The molecule has 0 atom stereocenters. The Labute approximate surface area is 189 Å². The van der Waals surface area contributed by atoms with Crippen LogP contribution in [0.4, 0.5) is 15.8 Å². The maximum Gasteiger partial charge on any atom is 0.325 e. The summed E-state index contributed by atoms with van der Waals surface area (Å²) in [6.07, 6.45) is 6.62. The average Bonchev–Trinajstić information content (AvgIpc) is 2.75. The third-order valence-electron chi connectivity index (χ3n) is 8.13. The number of benzene rings is 2. The summed E-state index contributed by atoms with van der Waals surface area (Å²) in [5, 5.41) is 0. The summed E-state index contributed by atoms with van der Waals surface area (Å²) in [6, 6.07) is 11.6. The highest BCUT2D eigenvalue weighted by molar-refractivity contribution is 6.01. The molecule has 1 aliphatic heterocycles. The maximum atomic E-state index is 14.5. The van der Waals surface area contributed by atoms with E-state index in [9.17, 15) is 9.18 Å². The summed E-state index contributed by atoms with van der Waals surface area (Å²) in [5.74, 6) is 2.49. The molecule has 0 radical (unpaired) electrons. The topological polar surface area (TPSA) is 29.5 Å². The van der Waals surface area contributed by atoms with Crippen molar-refractivity contribution >= 4 is 22.9 Å². The minimum Gasteiger partial charge on any atom is -0.465 e. The van der Waals surface area contributed by atoms with Crippen LogP contribution in [0.1, 0.15) is 55.7 Å². The molecule has 1 heterocycles. The first-order chi connectivity index (χ1) is 15.5. The molecule has 4 bridgehead atoms. The number of nitrogens with zero attached hydrogens (tertiary/aromatic N) is 1. The van der Waals surface area contributed by atoms with Gasteiger partial charge in [0.25, 0.3) is 0 Å². The van der Waals surface area contributed by atoms with E-state index >= 15 is 0 Å². The van der Waals surface area contributed by atoms with Crippen LogP contribution in [-0.4, -0.2) is 19.1 Å². The van der Waals surface area contributed by atoms with Crippen LogP contribution in [0.3, 0.4) is 0 Å². The van der Waals surface area contributed by atoms with E-state index in [1.54, 1.807) is 17.7 Å². The van der Waals surface area contributed by atoms with Crippen molar-refractivity contribution in [2.45, 2.75) is 46.0 Å². The first-order valence-electron chi connectivity index (χ1n) is 12.1. The lowest BCUT2D eigenvalue weighted by molar-refractivity contribution is -0.141. The number of carbonyl (C=O) groups is 1. The summed E-state index contributed by atoms with van der Waals surface area (Å²) in [7, 11) is 0. The van der Waals surface area contributed by atoms with E-state index < -0.39 is 0 Å². The first-order valence-corrected chi connectivity index (χ1v) is 12.1. The fourth-order valence-electron chi connectivity index (χ4n) is 7.21. The number of carbonyl (C=O) groups excluding carboxylic acids is 1. The standard InChI is InChI=1S/C28H30FNO2/c1-3-32-26(31)15-30-24-8-16(2)4-6-22(24)28(23-7-5-21(29)14-25(23)30)27-19-10-17-9-18(12-19)13-20(27)11-17/h4-8,14,17-20H,3,9-13,15H2,1-2H3. The van der Waals surface area contributed by atoms with Crippen LogP contribution in [0.2, 0.25) is 0 Å². The molecule has 0 aromatic heterocycles. The molecule has 3 nitrogen and oxygen atoms in total. The smallest absolute Gasteiger partial charge is 0.325 e. The molecule has 4 heteroatoms. The predicted molar refractivity (Wildman–Crippen MR) is 124 cm³/mol. The highest BCUT2D eigenvalue weighted by atomic mass is 19.1. The highest BCUT2D eigenvalue weighted by Gasteiger charge is 2.47. The fraction of sp³-hybridized carbons (Fsp3) is 0.464. The van der Waals surface area contributed by atoms with Crippen LogP contribution in [-0.2, 0) is 9.53 Å². The largest absolute Gasteiger partial charge is 0.465 e. The van der Waals surface area contributed by atoms with Crippen molar-refractivity contribution in [2.24, 2.45) is 23.7 Å². The molecule has 5 aliphatic rings. The summed E-state index contributed by atoms with van der Waals surface area (Å²) < 4.78 is 19.8. The van der Waals surface area contributed by atoms with Gasteiger partial charge in [-0.2, -0.15) is 0 Å². The first kappa shape index (κ1) is 20.0. The Hall–Kier alpha value is -2.62. The van der Waals surface area contributed by atoms with Gasteiger partial charge in [-0.25, -0.2) is 4.39 Å². The van der Waals surface area contributed by atoms with Crippen LogP contribution < -0.4 is 4.90 Å². The normalized spacial score (nSPS) is 27.4. The number of halogens is 1. The fourth-order valence-corrected chi connectivity index (χ4v) is 7.21. The number of allylic oxidation sites excluding steroid dienone is 1. The lowest BCUT2D eigenvalue weighted by Crippen LogP contribution is -2.41. The molecule has 166 valence electrons. The Kier molecular flexibility index (Phi) is 4.67. The molecule has 2 aromatic carbocycles. The van der Waals surface area contributed by atoms with Gasteiger partial charge in [-0.3, -0.25) is 4.79 Å². The summed E-state index contributed by atoms with van der Waals surface area (Å²) in [4.78, 5) is 14.5. The third kappa shape index (κ3) is 3.10. The second-order valence-electron chi connectivity index (χ2n) is 10.2. The Morgan fingerprint density at radius 2 is 1.59 bits per heavy atom. The molecule has 2 aromatic rings. The van der Waals surface area contributed by atoms with Crippen molar-refractivity contribution in [2.75, 3.05) is 18.1 Å². The zero-order chi connectivity index (χ0) is 22.0. The predicted octanol–water partition coefficient (Wildman–Crippen LogP) is 6.41. The second kappa shape index (κ2) is 7.47. The molecule has 0 N–H and O–H groups in total. The van der Waals surface area contributed by atoms with Crippen molar-refractivity contribution in [3.05, 3.63) is 64.5 Å². The van der Waals surface area contributed by atoms with Gasteiger partial charge in [0, 0.05) is 16.8 Å². The Morgan fingerprint density at radius 3 is 2.25 bits per heavy atom. The summed E-state index contributed by atoms with van der Waals surface area (Å²) in [6.45, 7) is 4.30. The van der Waals surface area contributed by atoms with Gasteiger partial charge in [-0.15, -0.1) is 0 Å². The molecule has 7 rings (SSSR count). The monoisotopic (exact) mass is 431 g/mol. The number of rotatable bonds is 3. The number of fused-ring (bicyclic) bond motifs is 2. The van der Waals surface area contributed by atoms with Crippen molar-refractivity contribution in [1.29, 1.82) is 0 Å². The quantitative estimate of drug-likeness (QED) is 0.526. The number of hydrogen-bond acceptors (Lipinski definition) is 3. The van der Waals surface area contributed by atoms with E-state index in [1.807, 2.05) is 17.9 Å². The van der Waals surface area contributed by atoms with Crippen LogP contribution in [0.5, 0.6) is 0 Å². The van der Waals surface area contributed by atoms with E-state index in [-0.39, 0.29) is 18.3 Å². The van der Waals surface area contributed by atoms with Crippen molar-refractivity contribution < 1.29 is 13.9 Å². The zero-order valence-electron chi connectivity index (χ0n) is 18.9. The van der Waals surface area contributed by atoms with Crippen molar-refractivity contribution in [1.82, 2.24) is 0 Å². The van der Waals surface area contributed by atoms with E-state index in [4.69, 9.17) is 4.74 Å². The van der Waals surface area contributed by atoms with Crippen LogP contribution in [0, 0.1) is 36.4 Å². The minimum atomic E-state index is -0.291.